The summed E-state index contributed by atoms with van der Waals surface area (Å²) in [5.41, 5.74) is 0. The summed E-state index contributed by atoms with van der Waals surface area (Å²) in [6.45, 7) is 9.61. The average Bonchev–Trinajstić information content (AvgIpc) is 2.22. The van der Waals surface area contributed by atoms with Gasteiger partial charge in [-0.1, -0.05) is 43.0 Å². The number of hydrogen-bond donors (Lipinski definition) is 0. The summed E-state index contributed by atoms with van der Waals surface area (Å²) in [6, 6.07) is 0. The van der Waals surface area contributed by atoms with Crippen LogP contribution in [0.4, 0.5) is 0 Å². The minimum atomic E-state index is -0.171. The van der Waals surface area contributed by atoms with Crippen LogP contribution < -0.4 is 0 Å². The third kappa shape index (κ3) is 7.86. The van der Waals surface area contributed by atoms with Crippen molar-refractivity contribution in [3.8, 4) is 0 Å². The highest BCUT2D eigenvalue weighted by atomic mass is 27.2. The molecular formula is C12H28AlN. The van der Waals surface area contributed by atoms with E-state index in [0.29, 0.717) is 0 Å². The molecule has 1 aliphatic rings. The normalized spacial score (nSPS) is 17.1. The summed E-state index contributed by atoms with van der Waals surface area (Å²) >= 11 is -0.171. The number of hydrogen-bond acceptors (Lipinski definition) is 1. The van der Waals surface area contributed by atoms with E-state index in [1.165, 1.54) is 48.2 Å². The molecule has 1 rings (SSSR count). The Morgan fingerprint density at radius 3 is 1.43 bits per heavy atom. The molecule has 0 aromatic rings. The Balaban J connectivity index is 0.000000241. The van der Waals surface area contributed by atoms with Crippen molar-refractivity contribution in [3.05, 3.63) is 0 Å². The van der Waals surface area contributed by atoms with Gasteiger partial charge in [-0.05, 0) is 33.0 Å². The summed E-state index contributed by atoms with van der Waals surface area (Å²) in [5, 5.41) is 4.48. The minimum absolute atomic E-state index is 0.171. The zero-order valence-electron chi connectivity index (χ0n) is 10.7. The van der Waals surface area contributed by atoms with Crippen molar-refractivity contribution >= 4 is 14.1 Å². The first-order valence-corrected chi connectivity index (χ1v) is 8.88. The highest BCUT2D eigenvalue weighted by Crippen LogP contribution is 2.04. The van der Waals surface area contributed by atoms with E-state index in [4.69, 9.17) is 0 Å². The lowest BCUT2D eigenvalue weighted by Gasteiger charge is -2.20. The highest BCUT2D eigenvalue weighted by Gasteiger charge is 2.05. The minimum Gasteiger partial charge on any atom is -0.306 e. The zero-order chi connectivity index (χ0) is 10.8. The van der Waals surface area contributed by atoms with Crippen LogP contribution in [-0.4, -0.2) is 39.2 Å². The third-order valence-electron chi connectivity index (χ3n) is 3.31. The van der Waals surface area contributed by atoms with Gasteiger partial charge in [-0.2, -0.15) is 0 Å². The van der Waals surface area contributed by atoms with Gasteiger partial charge in [-0.15, -0.1) is 0 Å². The van der Waals surface area contributed by atoms with E-state index < -0.39 is 0 Å². The smallest absolute Gasteiger partial charge is 0.261 e. The molecule has 2 heteroatoms. The first-order valence-electron chi connectivity index (χ1n) is 6.43. The number of likely N-dealkylation sites (tertiary alicyclic amines) is 1. The molecule has 0 N–H and O–H groups in total. The molecule has 0 aromatic carbocycles. The Bertz CT molecular complexity index is 101. The van der Waals surface area contributed by atoms with Crippen molar-refractivity contribution in [2.75, 3.05) is 20.1 Å². The summed E-state index contributed by atoms with van der Waals surface area (Å²) < 4.78 is 0. The van der Waals surface area contributed by atoms with E-state index in [1.54, 1.807) is 0 Å². The molecule has 0 radical (unpaired) electrons. The molecule has 1 aliphatic heterocycles. The average molecular weight is 213 g/mol. The Morgan fingerprint density at radius 2 is 1.29 bits per heavy atom. The van der Waals surface area contributed by atoms with Gasteiger partial charge in [0.1, 0.15) is 0 Å². The molecule has 0 aliphatic carbocycles. The predicted octanol–water partition coefficient (Wildman–Crippen LogP) is 3.64. The molecule has 0 amide bonds. The molecule has 0 saturated carbocycles. The van der Waals surface area contributed by atoms with Gasteiger partial charge in [0.2, 0.25) is 0 Å². The van der Waals surface area contributed by atoms with Crippen molar-refractivity contribution in [3.63, 3.8) is 0 Å². The standard InChI is InChI=1S/C6H13N.3C2H5.Al/c1-7-5-3-2-4-6-7;3*1-2;/h2-6H2,1H3;3*1H2,2H3;. The van der Waals surface area contributed by atoms with Crippen molar-refractivity contribution in [1.29, 1.82) is 0 Å². The van der Waals surface area contributed by atoms with Crippen LogP contribution >= 0.6 is 0 Å². The fourth-order valence-electron chi connectivity index (χ4n) is 1.92. The van der Waals surface area contributed by atoms with Crippen molar-refractivity contribution in [2.45, 2.75) is 55.9 Å². The lowest BCUT2D eigenvalue weighted by atomic mass is 10.1. The molecule has 0 bridgehead atoms. The van der Waals surface area contributed by atoms with Crippen LogP contribution in [0.2, 0.25) is 15.8 Å². The second kappa shape index (κ2) is 10.0. The van der Waals surface area contributed by atoms with E-state index in [1.807, 2.05) is 0 Å². The van der Waals surface area contributed by atoms with E-state index in [9.17, 15) is 0 Å². The maximum absolute atomic E-state index is 2.39. The zero-order valence-corrected chi connectivity index (χ0v) is 11.8. The van der Waals surface area contributed by atoms with Crippen molar-refractivity contribution < 1.29 is 0 Å². The summed E-state index contributed by atoms with van der Waals surface area (Å²) in [5.74, 6) is 0. The van der Waals surface area contributed by atoms with E-state index >= 15 is 0 Å². The second-order valence-electron chi connectivity index (χ2n) is 4.45. The van der Waals surface area contributed by atoms with Gasteiger partial charge in [-0.3, -0.25) is 0 Å². The maximum atomic E-state index is 2.39. The molecular weight excluding hydrogens is 185 g/mol. The Morgan fingerprint density at radius 1 is 0.857 bits per heavy atom. The molecule has 0 atom stereocenters. The lowest BCUT2D eigenvalue weighted by Crippen LogP contribution is -2.24. The summed E-state index contributed by atoms with van der Waals surface area (Å²) in [6.07, 6.45) is 4.28. The lowest BCUT2D eigenvalue weighted by molar-refractivity contribution is 0.277. The molecule has 1 fully saturated rings. The maximum Gasteiger partial charge on any atom is 0.261 e. The van der Waals surface area contributed by atoms with Gasteiger partial charge < -0.3 is 4.90 Å². The van der Waals surface area contributed by atoms with Gasteiger partial charge in [0.15, 0.2) is 0 Å². The summed E-state index contributed by atoms with van der Waals surface area (Å²) in [7, 11) is 2.19. The van der Waals surface area contributed by atoms with E-state index in [2.05, 4.69) is 32.7 Å². The molecule has 84 valence electrons. The molecule has 0 spiro atoms. The Labute approximate surface area is 95.3 Å². The molecule has 0 aromatic heterocycles. The van der Waals surface area contributed by atoms with Crippen LogP contribution in [0.3, 0.4) is 0 Å². The van der Waals surface area contributed by atoms with Crippen molar-refractivity contribution in [1.82, 2.24) is 4.90 Å². The van der Waals surface area contributed by atoms with Gasteiger partial charge in [0, 0.05) is 0 Å². The van der Waals surface area contributed by atoms with Gasteiger partial charge in [0.05, 0.1) is 0 Å². The monoisotopic (exact) mass is 213 g/mol. The molecule has 1 saturated heterocycles. The third-order valence-corrected chi connectivity index (χ3v) is 6.78. The largest absolute Gasteiger partial charge is 0.306 e. The molecule has 1 nitrogen and oxygen atoms in total. The molecule has 1 heterocycles. The topological polar surface area (TPSA) is 3.24 Å². The van der Waals surface area contributed by atoms with Crippen LogP contribution in [0.15, 0.2) is 0 Å². The summed E-state index contributed by atoms with van der Waals surface area (Å²) in [4.78, 5) is 2.39. The van der Waals surface area contributed by atoms with Crippen LogP contribution in [-0.2, 0) is 0 Å². The first kappa shape index (κ1) is 14.5. The SMILES string of the molecule is CN1CCCCC1.C[CH2][Al]([CH2]C)[CH2]C. The molecule has 0 unspecified atom stereocenters. The van der Waals surface area contributed by atoms with Crippen LogP contribution in [0.25, 0.3) is 0 Å². The highest BCUT2D eigenvalue weighted by molar-refractivity contribution is 6.58. The van der Waals surface area contributed by atoms with E-state index in [-0.39, 0.29) is 14.1 Å². The van der Waals surface area contributed by atoms with Crippen LogP contribution in [0.5, 0.6) is 0 Å². The Kier molecular flexibility index (Phi) is 10.4. The second-order valence-corrected chi connectivity index (χ2v) is 8.64. The van der Waals surface area contributed by atoms with Crippen LogP contribution in [0, 0.1) is 0 Å². The fourth-order valence-corrected chi connectivity index (χ4v) is 3.65. The number of piperidine rings is 1. The number of rotatable bonds is 3. The van der Waals surface area contributed by atoms with Gasteiger partial charge in [-0.25, -0.2) is 0 Å². The number of nitrogens with zero attached hydrogens (tertiary/aromatic N) is 1. The fraction of sp³-hybridized carbons (Fsp3) is 1.00. The quantitative estimate of drug-likeness (QED) is 0.647. The van der Waals surface area contributed by atoms with E-state index in [0.717, 1.165) is 0 Å². The molecule has 14 heavy (non-hydrogen) atoms. The van der Waals surface area contributed by atoms with Gasteiger partial charge in [0.25, 0.3) is 14.1 Å². The van der Waals surface area contributed by atoms with Gasteiger partial charge >= 0.3 is 0 Å². The Hall–Kier alpha value is 0.492. The van der Waals surface area contributed by atoms with Crippen molar-refractivity contribution in [2.24, 2.45) is 0 Å². The first-order chi connectivity index (χ1) is 6.74. The van der Waals surface area contributed by atoms with Crippen LogP contribution in [0.1, 0.15) is 40.0 Å². The predicted molar refractivity (Wildman–Crippen MR) is 68.5 cm³/mol.